The Morgan fingerprint density at radius 3 is 2.05 bits per heavy atom. The quantitative estimate of drug-likeness (QED) is 0.208. The number of hydrogen-bond donors (Lipinski definition) is 4. The molecule has 0 bridgehead atoms. The van der Waals surface area contributed by atoms with Gasteiger partial charge in [-0.3, -0.25) is 9.36 Å². The van der Waals surface area contributed by atoms with Crippen molar-refractivity contribution in [3.8, 4) is 0 Å². The number of rotatable bonds is 8. The Labute approximate surface area is 110 Å². The predicted octanol–water partition coefficient (Wildman–Crippen LogP) is -3.18. The molecule has 0 aromatic rings. The summed E-state index contributed by atoms with van der Waals surface area (Å²) in [7, 11) is -0.245. The molecule has 9 nitrogen and oxygen atoms in total. The van der Waals surface area contributed by atoms with E-state index in [1.165, 1.54) is 0 Å². The number of phosphoric acid groups is 1. The highest BCUT2D eigenvalue weighted by molar-refractivity contribution is 7.44. The van der Waals surface area contributed by atoms with Crippen LogP contribution in [0.3, 0.4) is 0 Å². The van der Waals surface area contributed by atoms with Crippen molar-refractivity contribution in [3.05, 3.63) is 0 Å². The fourth-order valence-electron chi connectivity index (χ4n) is 1.42. The van der Waals surface area contributed by atoms with Crippen LogP contribution in [-0.2, 0) is 13.9 Å². The number of quaternary nitrogens is 1. The Kier molecular flexibility index (Phi) is 6.73. The molecule has 0 amide bonds. The predicted molar refractivity (Wildman–Crippen MR) is 61.7 cm³/mol. The molecule has 4 N–H and O–H groups in total. The second-order valence-electron chi connectivity index (χ2n) is 5.06. The number of aldehydes is 1. The summed E-state index contributed by atoms with van der Waals surface area (Å²) in [4.78, 5) is 29.6. The van der Waals surface area contributed by atoms with Crippen molar-refractivity contribution >= 4 is 14.1 Å². The molecule has 0 fully saturated rings. The van der Waals surface area contributed by atoms with Crippen LogP contribution in [0.2, 0.25) is 0 Å². The van der Waals surface area contributed by atoms with E-state index in [0.29, 0.717) is 6.29 Å². The first-order valence-electron chi connectivity index (χ1n) is 5.39. The lowest BCUT2D eigenvalue weighted by molar-refractivity contribution is -0.889. The van der Waals surface area contributed by atoms with E-state index in [2.05, 4.69) is 4.52 Å². The van der Waals surface area contributed by atoms with Crippen LogP contribution in [0.1, 0.15) is 0 Å². The highest BCUT2D eigenvalue weighted by atomic mass is 31.2. The van der Waals surface area contributed by atoms with E-state index in [4.69, 9.17) is 4.89 Å². The first-order chi connectivity index (χ1) is 8.40. The van der Waals surface area contributed by atoms with Crippen LogP contribution in [0.4, 0.5) is 0 Å². The van der Waals surface area contributed by atoms with Gasteiger partial charge in [-0.25, -0.2) is 0 Å². The molecule has 114 valence electrons. The van der Waals surface area contributed by atoms with Gasteiger partial charge >= 0.3 is 0 Å². The number of aliphatic hydroxyl groups excluding tert-OH is 3. The molecular formula is C9H20NO8P. The second-order valence-corrected chi connectivity index (χ2v) is 6.25. The van der Waals surface area contributed by atoms with Gasteiger partial charge in [0, 0.05) is 0 Å². The van der Waals surface area contributed by atoms with Crippen LogP contribution in [0.25, 0.3) is 0 Å². The van der Waals surface area contributed by atoms with Gasteiger partial charge in [-0.2, -0.15) is 0 Å². The number of aliphatic hydroxyl groups is 3. The lowest BCUT2D eigenvalue weighted by Gasteiger charge is -2.36. The van der Waals surface area contributed by atoms with Crippen LogP contribution in [0.15, 0.2) is 0 Å². The first kappa shape index (κ1) is 18.6. The van der Waals surface area contributed by atoms with Crippen LogP contribution in [-0.4, -0.2) is 83.1 Å². The zero-order valence-corrected chi connectivity index (χ0v) is 11.8. The van der Waals surface area contributed by atoms with E-state index in [9.17, 15) is 29.6 Å². The normalized spacial score (nSPS) is 22.1. The van der Waals surface area contributed by atoms with Gasteiger partial charge in [0.15, 0.2) is 12.3 Å². The Hall–Kier alpha value is -0.380. The Balaban J connectivity index is 4.66. The molecule has 10 heteroatoms. The Morgan fingerprint density at radius 1 is 1.26 bits per heavy atom. The maximum atomic E-state index is 10.9. The fourth-order valence-corrected chi connectivity index (χ4v) is 1.76. The van der Waals surface area contributed by atoms with Crippen molar-refractivity contribution in [2.75, 3.05) is 27.7 Å². The molecule has 1 unspecified atom stereocenters. The zero-order chi connectivity index (χ0) is 15.4. The molecule has 0 rings (SSSR count). The van der Waals surface area contributed by atoms with Crippen LogP contribution >= 0.6 is 7.82 Å². The molecule has 0 spiro atoms. The first-order valence-corrected chi connectivity index (χ1v) is 6.88. The number of carbonyl (C=O) groups is 1. The molecule has 19 heavy (non-hydrogen) atoms. The molecule has 5 atom stereocenters. The van der Waals surface area contributed by atoms with E-state index in [1.54, 1.807) is 21.1 Å². The molecule has 0 saturated carbocycles. The summed E-state index contributed by atoms with van der Waals surface area (Å²) in [5.74, 6) is 0. The fraction of sp³-hybridized carbons (Fsp3) is 0.889. The Morgan fingerprint density at radius 2 is 1.74 bits per heavy atom. The summed E-state index contributed by atoms with van der Waals surface area (Å²) in [6, 6.07) is -1.03. The van der Waals surface area contributed by atoms with Gasteiger partial charge in [-0.15, -0.1) is 0 Å². The van der Waals surface area contributed by atoms with Crippen LogP contribution in [0.5, 0.6) is 0 Å². The number of hydrogen-bond acceptors (Lipinski definition) is 7. The third kappa shape index (κ3) is 6.55. The molecule has 0 aliphatic carbocycles. The largest absolute Gasteiger partial charge is 0.756 e. The van der Waals surface area contributed by atoms with Gasteiger partial charge in [0.1, 0.15) is 18.3 Å². The van der Waals surface area contributed by atoms with Crippen LogP contribution in [0, 0.1) is 0 Å². The highest BCUT2D eigenvalue weighted by Gasteiger charge is 2.39. The number of nitrogens with zero attached hydrogens (tertiary/aromatic N) is 1. The number of phosphoric ester groups is 1. The average molecular weight is 301 g/mol. The lowest BCUT2D eigenvalue weighted by Crippen LogP contribution is -2.58. The van der Waals surface area contributed by atoms with Crippen molar-refractivity contribution in [1.29, 1.82) is 0 Å². The zero-order valence-electron chi connectivity index (χ0n) is 10.9. The molecule has 0 aliphatic rings. The SMILES string of the molecule is C[N+](C)(C)[C@@H](C=O)[C@@H](O)[C@H](O)[C@H](O)COP(=O)([O-])O. The van der Waals surface area contributed by atoms with Gasteiger partial charge < -0.3 is 34.1 Å². The highest BCUT2D eigenvalue weighted by Crippen LogP contribution is 2.30. The summed E-state index contributed by atoms with van der Waals surface area (Å²) < 4.78 is 14.2. The van der Waals surface area contributed by atoms with Crippen molar-refractivity contribution in [2.45, 2.75) is 24.4 Å². The molecule has 0 saturated heterocycles. The average Bonchev–Trinajstić information content (AvgIpc) is 2.22. The van der Waals surface area contributed by atoms with Gasteiger partial charge in [-0.1, -0.05) is 0 Å². The standard InChI is InChI=1S/C9H20NO8P/c1-10(2,3)6(4-11)8(13)9(14)7(12)5-18-19(15,16)17/h4,6-9,12-14H,5H2,1-3H3,(H-,15,16,17)/t6-,7+,8+,9+/m0/s1. The van der Waals surface area contributed by atoms with Crippen molar-refractivity contribution in [2.24, 2.45) is 0 Å². The van der Waals surface area contributed by atoms with Gasteiger partial charge in [-0.05, 0) is 0 Å². The summed E-state index contributed by atoms with van der Waals surface area (Å²) in [5, 5.41) is 28.8. The topological polar surface area (TPSA) is 147 Å². The summed E-state index contributed by atoms with van der Waals surface area (Å²) in [5.41, 5.74) is 0. The van der Waals surface area contributed by atoms with E-state index < -0.39 is 38.8 Å². The number of likely N-dealkylation sites (N-methyl/N-ethyl adjacent to an activating group) is 1. The van der Waals surface area contributed by atoms with Crippen molar-refractivity contribution < 1.29 is 43.5 Å². The smallest absolute Gasteiger partial charge is 0.265 e. The molecule has 0 heterocycles. The van der Waals surface area contributed by atoms with E-state index in [-0.39, 0.29) is 4.48 Å². The molecule has 0 radical (unpaired) electrons. The van der Waals surface area contributed by atoms with Gasteiger partial charge in [0.2, 0.25) is 0 Å². The Bertz CT molecular complexity index is 338. The van der Waals surface area contributed by atoms with E-state index in [0.717, 1.165) is 0 Å². The third-order valence-electron chi connectivity index (χ3n) is 2.54. The maximum absolute atomic E-state index is 10.9. The lowest BCUT2D eigenvalue weighted by atomic mass is 10.0. The van der Waals surface area contributed by atoms with Crippen molar-refractivity contribution in [1.82, 2.24) is 0 Å². The summed E-state index contributed by atoms with van der Waals surface area (Å²) in [6.45, 7) is -0.932. The molecular weight excluding hydrogens is 281 g/mol. The van der Waals surface area contributed by atoms with Gasteiger partial charge in [0.05, 0.1) is 27.7 Å². The molecule has 0 aromatic heterocycles. The van der Waals surface area contributed by atoms with E-state index in [1.807, 2.05) is 0 Å². The minimum atomic E-state index is -5.03. The summed E-state index contributed by atoms with van der Waals surface area (Å²) >= 11 is 0. The van der Waals surface area contributed by atoms with E-state index >= 15 is 0 Å². The van der Waals surface area contributed by atoms with Gasteiger partial charge in [0.25, 0.3) is 7.82 Å². The van der Waals surface area contributed by atoms with Crippen LogP contribution < -0.4 is 4.89 Å². The third-order valence-corrected chi connectivity index (χ3v) is 3.01. The second kappa shape index (κ2) is 6.87. The maximum Gasteiger partial charge on any atom is 0.265 e. The molecule has 0 aromatic carbocycles. The summed E-state index contributed by atoms with van der Waals surface area (Å²) in [6.07, 6.45) is -4.79. The number of carbonyl (C=O) groups excluding carboxylic acids is 1. The minimum Gasteiger partial charge on any atom is -0.756 e. The molecule has 0 aliphatic heterocycles. The van der Waals surface area contributed by atoms with Crippen molar-refractivity contribution in [3.63, 3.8) is 0 Å². The monoisotopic (exact) mass is 301 g/mol. The minimum absolute atomic E-state index is 0.00461.